The van der Waals surface area contributed by atoms with Gasteiger partial charge in [0.2, 0.25) is 0 Å². The Morgan fingerprint density at radius 3 is 2.28 bits per heavy atom. The van der Waals surface area contributed by atoms with Gasteiger partial charge in [-0.2, -0.15) is 0 Å². The number of rotatable bonds is 5. The van der Waals surface area contributed by atoms with Crippen LogP contribution >= 0.6 is 0 Å². The van der Waals surface area contributed by atoms with Crippen molar-refractivity contribution >= 4 is 22.6 Å². The van der Waals surface area contributed by atoms with Crippen molar-refractivity contribution in [1.29, 1.82) is 0 Å². The summed E-state index contributed by atoms with van der Waals surface area (Å²) in [5.74, 6) is -1.32. The van der Waals surface area contributed by atoms with Gasteiger partial charge in [0.1, 0.15) is 11.3 Å². The molecule has 0 fully saturated rings. The summed E-state index contributed by atoms with van der Waals surface area (Å²) in [5, 5.41) is 14.3. The maximum Gasteiger partial charge on any atom is 0.342 e. The zero-order valence-electron chi connectivity index (χ0n) is 13.4. The lowest BCUT2D eigenvalue weighted by Gasteiger charge is -2.09. The molecule has 0 bridgehead atoms. The third-order valence-corrected chi connectivity index (χ3v) is 3.75. The quantitative estimate of drug-likeness (QED) is 0.703. The maximum atomic E-state index is 12.1. The second kappa shape index (κ2) is 7.49. The van der Waals surface area contributed by atoms with E-state index in [0.717, 1.165) is 16.3 Å². The fraction of sp³-hybridized carbons (Fsp3) is 0.100. The number of aromatic hydroxyl groups is 1. The summed E-state index contributed by atoms with van der Waals surface area (Å²) in [6.45, 7) is -0.0453. The van der Waals surface area contributed by atoms with E-state index >= 15 is 0 Å². The highest BCUT2D eigenvalue weighted by Crippen LogP contribution is 2.25. The molecule has 0 spiro atoms. The van der Waals surface area contributed by atoms with Crippen molar-refractivity contribution in [3.8, 4) is 5.75 Å². The predicted octanol–water partition coefficient (Wildman–Crippen LogP) is 3.02. The lowest BCUT2D eigenvalue weighted by Crippen LogP contribution is -2.28. The first-order valence-corrected chi connectivity index (χ1v) is 7.83. The number of hydrogen-bond donors (Lipinski definition) is 2. The van der Waals surface area contributed by atoms with Crippen molar-refractivity contribution in [2.45, 2.75) is 6.54 Å². The van der Waals surface area contributed by atoms with E-state index in [1.54, 1.807) is 6.07 Å². The summed E-state index contributed by atoms with van der Waals surface area (Å²) in [5.41, 5.74) is 0.990. The van der Waals surface area contributed by atoms with Crippen LogP contribution in [0.15, 0.2) is 66.7 Å². The van der Waals surface area contributed by atoms with E-state index in [1.807, 2.05) is 54.6 Å². The molecule has 2 N–H and O–H groups in total. The molecule has 3 aromatic carbocycles. The largest absolute Gasteiger partial charge is 0.507 e. The molecule has 0 aliphatic rings. The van der Waals surface area contributed by atoms with Gasteiger partial charge < -0.3 is 15.2 Å². The number of benzene rings is 3. The number of nitrogens with one attached hydrogen (secondary N) is 1. The summed E-state index contributed by atoms with van der Waals surface area (Å²) in [6, 6.07) is 19.8. The van der Waals surface area contributed by atoms with Crippen LogP contribution in [0.25, 0.3) is 10.8 Å². The first-order valence-electron chi connectivity index (χ1n) is 7.83. The fourth-order valence-electron chi connectivity index (χ4n) is 2.45. The Morgan fingerprint density at radius 2 is 1.56 bits per heavy atom. The SMILES string of the molecule is O=C(COC(=O)c1cc2ccccc2cc1O)NCc1ccccc1. The Morgan fingerprint density at radius 1 is 0.920 bits per heavy atom. The van der Waals surface area contributed by atoms with E-state index < -0.39 is 18.5 Å². The number of hydrogen-bond acceptors (Lipinski definition) is 4. The topological polar surface area (TPSA) is 75.6 Å². The van der Waals surface area contributed by atoms with E-state index in [-0.39, 0.29) is 11.3 Å². The highest BCUT2D eigenvalue weighted by atomic mass is 16.5. The van der Waals surface area contributed by atoms with E-state index in [0.29, 0.717) is 6.54 Å². The molecule has 1 amide bonds. The van der Waals surface area contributed by atoms with Crippen LogP contribution in [0.1, 0.15) is 15.9 Å². The second-order valence-electron chi connectivity index (χ2n) is 5.55. The molecule has 0 radical (unpaired) electrons. The molecule has 3 aromatic rings. The molecule has 5 nitrogen and oxygen atoms in total. The predicted molar refractivity (Wildman–Crippen MR) is 94.2 cm³/mol. The Kier molecular flexibility index (Phi) is 4.95. The van der Waals surface area contributed by atoms with Crippen LogP contribution < -0.4 is 5.32 Å². The Bertz CT molecular complexity index is 906. The molecule has 0 atom stereocenters. The zero-order chi connectivity index (χ0) is 17.6. The van der Waals surface area contributed by atoms with Crippen LogP contribution in [-0.4, -0.2) is 23.6 Å². The van der Waals surface area contributed by atoms with Crippen LogP contribution in [0.3, 0.4) is 0 Å². The average Bonchev–Trinajstić information content (AvgIpc) is 2.64. The van der Waals surface area contributed by atoms with Gasteiger partial charge in [-0.15, -0.1) is 0 Å². The minimum atomic E-state index is -0.738. The van der Waals surface area contributed by atoms with Gasteiger partial charge in [-0.3, -0.25) is 4.79 Å². The minimum Gasteiger partial charge on any atom is -0.507 e. The van der Waals surface area contributed by atoms with Crippen molar-refractivity contribution < 1.29 is 19.4 Å². The molecule has 0 aromatic heterocycles. The summed E-state index contributed by atoms with van der Waals surface area (Å²) >= 11 is 0. The molecule has 0 aliphatic carbocycles. The van der Waals surface area contributed by atoms with Gasteiger partial charge in [0, 0.05) is 6.54 Å². The van der Waals surface area contributed by atoms with Crippen LogP contribution in [-0.2, 0) is 16.1 Å². The lowest BCUT2D eigenvalue weighted by atomic mass is 10.1. The van der Waals surface area contributed by atoms with Gasteiger partial charge in [0.05, 0.1) is 0 Å². The first-order chi connectivity index (χ1) is 12.1. The van der Waals surface area contributed by atoms with Gasteiger partial charge in [0.25, 0.3) is 5.91 Å². The molecule has 0 heterocycles. The van der Waals surface area contributed by atoms with Gasteiger partial charge >= 0.3 is 5.97 Å². The molecule has 5 heteroatoms. The standard InChI is InChI=1S/C20H17NO4/c22-18-11-16-9-5-4-8-15(16)10-17(18)20(24)25-13-19(23)21-12-14-6-2-1-3-7-14/h1-11,22H,12-13H2,(H,21,23). The summed E-state index contributed by atoms with van der Waals surface area (Å²) in [6.07, 6.45) is 0. The van der Waals surface area contributed by atoms with Crippen LogP contribution in [0, 0.1) is 0 Å². The number of esters is 1. The Balaban J connectivity index is 1.59. The maximum absolute atomic E-state index is 12.1. The first kappa shape index (κ1) is 16.5. The van der Waals surface area contributed by atoms with Gasteiger partial charge in [-0.05, 0) is 28.5 Å². The summed E-state index contributed by atoms with van der Waals surface area (Å²) in [4.78, 5) is 23.9. The van der Waals surface area contributed by atoms with E-state index in [9.17, 15) is 14.7 Å². The second-order valence-corrected chi connectivity index (χ2v) is 5.55. The number of fused-ring (bicyclic) bond motifs is 1. The van der Waals surface area contributed by atoms with Crippen LogP contribution in [0.4, 0.5) is 0 Å². The molecular formula is C20H17NO4. The number of carbonyl (C=O) groups excluding carboxylic acids is 2. The van der Waals surface area contributed by atoms with Crippen molar-refractivity contribution in [3.05, 3.63) is 77.9 Å². The molecule has 25 heavy (non-hydrogen) atoms. The fourth-order valence-corrected chi connectivity index (χ4v) is 2.45. The van der Waals surface area contributed by atoms with Gasteiger partial charge in [0.15, 0.2) is 6.61 Å². The average molecular weight is 335 g/mol. The molecule has 0 saturated heterocycles. The van der Waals surface area contributed by atoms with Crippen molar-refractivity contribution in [2.24, 2.45) is 0 Å². The molecule has 0 unspecified atom stereocenters. The van der Waals surface area contributed by atoms with E-state index in [1.165, 1.54) is 6.07 Å². The third kappa shape index (κ3) is 4.14. The normalized spacial score (nSPS) is 10.4. The van der Waals surface area contributed by atoms with Crippen LogP contribution in [0.5, 0.6) is 5.75 Å². The molecule has 0 aliphatic heterocycles. The molecular weight excluding hydrogens is 318 g/mol. The monoisotopic (exact) mass is 335 g/mol. The van der Waals surface area contributed by atoms with Gasteiger partial charge in [-0.25, -0.2) is 4.79 Å². The van der Waals surface area contributed by atoms with Crippen LogP contribution in [0.2, 0.25) is 0 Å². The number of phenols is 1. The smallest absolute Gasteiger partial charge is 0.342 e. The van der Waals surface area contributed by atoms with Crippen molar-refractivity contribution in [2.75, 3.05) is 6.61 Å². The molecule has 3 rings (SSSR count). The highest BCUT2D eigenvalue weighted by Gasteiger charge is 2.15. The molecule has 126 valence electrons. The van der Waals surface area contributed by atoms with Crippen molar-refractivity contribution in [3.63, 3.8) is 0 Å². The number of carbonyl (C=O) groups is 2. The van der Waals surface area contributed by atoms with E-state index in [2.05, 4.69) is 5.32 Å². The van der Waals surface area contributed by atoms with E-state index in [4.69, 9.17) is 4.74 Å². The van der Waals surface area contributed by atoms with Crippen molar-refractivity contribution in [1.82, 2.24) is 5.32 Å². The number of amides is 1. The lowest BCUT2D eigenvalue weighted by molar-refractivity contribution is -0.124. The third-order valence-electron chi connectivity index (χ3n) is 3.75. The Labute approximate surface area is 144 Å². The minimum absolute atomic E-state index is 0.0366. The number of phenolic OH excluding ortho intramolecular Hbond substituents is 1. The summed E-state index contributed by atoms with van der Waals surface area (Å²) < 4.78 is 5.00. The Hall–Kier alpha value is -3.34. The number of ether oxygens (including phenoxy) is 1. The van der Waals surface area contributed by atoms with Gasteiger partial charge in [-0.1, -0.05) is 54.6 Å². The summed E-state index contributed by atoms with van der Waals surface area (Å²) in [7, 11) is 0. The zero-order valence-corrected chi connectivity index (χ0v) is 13.4. The molecule has 0 saturated carbocycles. The highest BCUT2D eigenvalue weighted by molar-refractivity contribution is 5.99.